The topological polar surface area (TPSA) is 37.8 Å². The Labute approximate surface area is 120 Å². The van der Waals surface area contributed by atoms with Gasteiger partial charge in [0, 0.05) is 22.5 Å². The first-order chi connectivity index (χ1) is 8.69. The number of likely N-dealkylation sites (N-methyl/N-ethyl adjacent to an activating group) is 1. The minimum atomic E-state index is 0.226. The van der Waals surface area contributed by atoms with Crippen LogP contribution in [-0.4, -0.2) is 16.5 Å². The minimum absolute atomic E-state index is 0.226. The second-order valence-electron chi connectivity index (χ2n) is 4.07. The fourth-order valence-corrected chi connectivity index (χ4v) is 2.69. The van der Waals surface area contributed by atoms with Crippen LogP contribution in [0.1, 0.15) is 29.4 Å². The van der Waals surface area contributed by atoms with Gasteiger partial charge in [-0.15, -0.1) is 11.3 Å². The van der Waals surface area contributed by atoms with E-state index in [0.717, 1.165) is 33.8 Å². The van der Waals surface area contributed by atoms with Crippen LogP contribution in [0, 0.1) is 6.92 Å². The molecule has 0 fully saturated rings. The first-order valence-corrected chi connectivity index (χ1v) is 7.62. The molecule has 2 heterocycles. The van der Waals surface area contributed by atoms with Gasteiger partial charge in [-0.3, -0.25) is 4.98 Å². The second kappa shape index (κ2) is 6.41. The third-order valence-corrected chi connectivity index (χ3v) is 3.93. The summed E-state index contributed by atoms with van der Waals surface area (Å²) in [4.78, 5) is 8.98. The summed E-state index contributed by atoms with van der Waals surface area (Å²) in [6.07, 6.45) is 2.72. The lowest BCUT2D eigenvalue weighted by molar-refractivity contribution is 0.532. The van der Waals surface area contributed by atoms with Crippen LogP contribution in [-0.2, 0) is 6.42 Å². The maximum absolute atomic E-state index is 4.52. The summed E-state index contributed by atoms with van der Waals surface area (Å²) in [7, 11) is 0. The maximum atomic E-state index is 4.52. The lowest BCUT2D eigenvalue weighted by atomic mass is 10.1. The van der Waals surface area contributed by atoms with E-state index in [1.807, 2.05) is 19.2 Å². The third-order valence-electron chi connectivity index (χ3n) is 2.64. The van der Waals surface area contributed by atoms with E-state index < -0.39 is 0 Å². The second-order valence-corrected chi connectivity index (χ2v) is 6.05. The predicted molar refractivity (Wildman–Crippen MR) is 78.9 cm³/mol. The molecule has 0 radical (unpaired) electrons. The van der Waals surface area contributed by atoms with Crippen LogP contribution in [0.3, 0.4) is 0 Å². The highest BCUT2D eigenvalue weighted by Crippen LogP contribution is 2.19. The molecular formula is C13H16BrN3S. The van der Waals surface area contributed by atoms with Crippen molar-refractivity contribution in [2.45, 2.75) is 26.3 Å². The summed E-state index contributed by atoms with van der Waals surface area (Å²) < 4.78 is 1.01. The molecule has 1 atom stereocenters. The number of hydrogen-bond donors (Lipinski definition) is 1. The molecule has 5 heteroatoms. The fourth-order valence-electron chi connectivity index (χ4n) is 1.83. The third kappa shape index (κ3) is 3.60. The van der Waals surface area contributed by atoms with Gasteiger partial charge in [-0.25, -0.2) is 4.98 Å². The van der Waals surface area contributed by atoms with Gasteiger partial charge in [-0.1, -0.05) is 6.92 Å². The quantitative estimate of drug-likeness (QED) is 0.914. The Balaban J connectivity index is 2.14. The minimum Gasteiger partial charge on any atom is -0.309 e. The standard InChI is InChI=1S/C13H16BrN3S/c1-3-15-13(6-11-8-18-9(2)17-11)12-5-4-10(14)7-16-12/h4-5,7-8,13,15H,3,6H2,1-2H3. The van der Waals surface area contributed by atoms with Crippen molar-refractivity contribution in [3.05, 3.63) is 44.6 Å². The molecule has 2 aromatic rings. The number of pyridine rings is 1. The molecule has 0 aromatic carbocycles. The zero-order valence-electron chi connectivity index (χ0n) is 10.5. The Kier molecular flexibility index (Phi) is 4.86. The molecule has 0 spiro atoms. The van der Waals surface area contributed by atoms with Crippen LogP contribution in [0.4, 0.5) is 0 Å². The Morgan fingerprint density at radius 3 is 2.83 bits per heavy atom. The highest BCUT2D eigenvalue weighted by atomic mass is 79.9. The molecule has 1 N–H and O–H groups in total. The number of aromatic nitrogens is 2. The summed E-state index contributed by atoms with van der Waals surface area (Å²) in [5, 5.41) is 6.70. The van der Waals surface area contributed by atoms with Gasteiger partial charge in [0.25, 0.3) is 0 Å². The van der Waals surface area contributed by atoms with Crippen LogP contribution < -0.4 is 5.32 Å². The summed E-state index contributed by atoms with van der Waals surface area (Å²) >= 11 is 5.11. The molecule has 0 aliphatic rings. The molecule has 0 bridgehead atoms. The lowest BCUT2D eigenvalue weighted by Crippen LogP contribution is -2.24. The predicted octanol–water partition coefficient (Wildman–Crippen LogP) is 3.50. The highest BCUT2D eigenvalue weighted by Gasteiger charge is 2.14. The SMILES string of the molecule is CCNC(Cc1csc(C)n1)c1ccc(Br)cn1. The van der Waals surface area contributed by atoms with Crippen LogP contribution >= 0.6 is 27.3 Å². The Morgan fingerprint density at radius 1 is 1.44 bits per heavy atom. The van der Waals surface area contributed by atoms with E-state index in [-0.39, 0.29) is 6.04 Å². The van der Waals surface area contributed by atoms with Crippen molar-refractivity contribution in [3.63, 3.8) is 0 Å². The first kappa shape index (κ1) is 13.6. The van der Waals surface area contributed by atoms with Crippen LogP contribution in [0.5, 0.6) is 0 Å². The summed E-state index contributed by atoms with van der Waals surface area (Å²) in [6.45, 7) is 5.07. The van der Waals surface area contributed by atoms with Gasteiger partial charge in [0.15, 0.2) is 0 Å². The van der Waals surface area contributed by atoms with Crippen molar-refractivity contribution < 1.29 is 0 Å². The summed E-state index contributed by atoms with van der Waals surface area (Å²) in [5.41, 5.74) is 2.19. The first-order valence-electron chi connectivity index (χ1n) is 5.95. The zero-order chi connectivity index (χ0) is 13.0. The number of hydrogen-bond acceptors (Lipinski definition) is 4. The van der Waals surface area contributed by atoms with Crippen LogP contribution in [0.2, 0.25) is 0 Å². The maximum Gasteiger partial charge on any atom is 0.0897 e. The van der Waals surface area contributed by atoms with E-state index in [2.05, 4.69) is 49.6 Å². The van der Waals surface area contributed by atoms with Gasteiger partial charge < -0.3 is 5.32 Å². The van der Waals surface area contributed by atoms with Gasteiger partial charge in [-0.2, -0.15) is 0 Å². The van der Waals surface area contributed by atoms with Crippen LogP contribution in [0.25, 0.3) is 0 Å². The van der Waals surface area contributed by atoms with E-state index in [1.165, 1.54) is 0 Å². The zero-order valence-corrected chi connectivity index (χ0v) is 12.9. The normalized spacial score (nSPS) is 12.6. The van der Waals surface area contributed by atoms with Gasteiger partial charge in [0.1, 0.15) is 0 Å². The fraction of sp³-hybridized carbons (Fsp3) is 0.385. The van der Waals surface area contributed by atoms with E-state index in [0.29, 0.717) is 0 Å². The molecule has 0 saturated carbocycles. The Bertz CT molecular complexity index is 495. The monoisotopic (exact) mass is 325 g/mol. The number of nitrogens with one attached hydrogen (secondary N) is 1. The Hall–Kier alpha value is -0.780. The van der Waals surface area contributed by atoms with Crippen molar-refractivity contribution in [2.75, 3.05) is 6.54 Å². The Morgan fingerprint density at radius 2 is 2.28 bits per heavy atom. The largest absolute Gasteiger partial charge is 0.309 e. The summed E-state index contributed by atoms with van der Waals surface area (Å²) in [5.74, 6) is 0. The van der Waals surface area contributed by atoms with Gasteiger partial charge in [0.05, 0.1) is 22.4 Å². The van der Waals surface area contributed by atoms with Crippen molar-refractivity contribution in [1.82, 2.24) is 15.3 Å². The van der Waals surface area contributed by atoms with E-state index in [1.54, 1.807) is 11.3 Å². The molecule has 2 rings (SSSR count). The molecule has 2 aromatic heterocycles. The molecular weight excluding hydrogens is 310 g/mol. The molecule has 0 saturated heterocycles. The number of nitrogens with zero attached hydrogens (tertiary/aromatic N) is 2. The molecule has 1 unspecified atom stereocenters. The van der Waals surface area contributed by atoms with Crippen molar-refractivity contribution >= 4 is 27.3 Å². The van der Waals surface area contributed by atoms with Gasteiger partial charge in [0.2, 0.25) is 0 Å². The van der Waals surface area contributed by atoms with Crippen molar-refractivity contribution in [3.8, 4) is 0 Å². The average molecular weight is 326 g/mol. The molecule has 3 nitrogen and oxygen atoms in total. The van der Waals surface area contributed by atoms with Crippen molar-refractivity contribution in [2.24, 2.45) is 0 Å². The smallest absolute Gasteiger partial charge is 0.0897 e. The average Bonchev–Trinajstić information content (AvgIpc) is 2.75. The van der Waals surface area contributed by atoms with Crippen molar-refractivity contribution in [1.29, 1.82) is 0 Å². The molecule has 96 valence electrons. The highest BCUT2D eigenvalue weighted by molar-refractivity contribution is 9.10. The van der Waals surface area contributed by atoms with Crippen LogP contribution in [0.15, 0.2) is 28.2 Å². The van der Waals surface area contributed by atoms with Gasteiger partial charge >= 0.3 is 0 Å². The number of aryl methyl sites for hydroxylation is 1. The number of halogens is 1. The molecule has 0 aliphatic carbocycles. The number of thiazole rings is 1. The number of rotatable bonds is 5. The molecule has 18 heavy (non-hydrogen) atoms. The van der Waals surface area contributed by atoms with E-state index in [4.69, 9.17) is 0 Å². The molecule has 0 aliphatic heterocycles. The lowest BCUT2D eigenvalue weighted by Gasteiger charge is -2.16. The van der Waals surface area contributed by atoms with E-state index in [9.17, 15) is 0 Å². The van der Waals surface area contributed by atoms with Gasteiger partial charge in [-0.05, 0) is 41.5 Å². The molecule has 0 amide bonds. The summed E-state index contributed by atoms with van der Waals surface area (Å²) in [6, 6.07) is 4.31. The van der Waals surface area contributed by atoms with E-state index >= 15 is 0 Å².